The van der Waals surface area contributed by atoms with Crippen LogP contribution in [0.3, 0.4) is 0 Å². The average Bonchev–Trinajstić information content (AvgIpc) is 2.39. The van der Waals surface area contributed by atoms with Crippen LogP contribution in [0, 0.1) is 13.8 Å². The van der Waals surface area contributed by atoms with Gasteiger partial charge in [-0.05, 0) is 48.9 Å². The van der Waals surface area contributed by atoms with Crippen LogP contribution in [0.5, 0.6) is 0 Å². The summed E-state index contributed by atoms with van der Waals surface area (Å²) in [6, 6.07) is 16.9. The van der Waals surface area contributed by atoms with Gasteiger partial charge < -0.3 is 5.73 Å². The van der Waals surface area contributed by atoms with E-state index in [9.17, 15) is 0 Å². The molecule has 94 valence electrons. The SMILES string of the molecule is Cc1cccc(C)c1CCC(N)c1ccccc1. The molecule has 0 radical (unpaired) electrons. The average molecular weight is 239 g/mol. The van der Waals surface area contributed by atoms with E-state index in [1.807, 2.05) is 18.2 Å². The lowest BCUT2D eigenvalue weighted by Gasteiger charge is -2.14. The molecule has 0 heterocycles. The molecule has 0 fully saturated rings. The van der Waals surface area contributed by atoms with Crippen LogP contribution in [-0.4, -0.2) is 0 Å². The lowest BCUT2D eigenvalue weighted by atomic mass is 9.94. The van der Waals surface area contributed by atoms with Crippen LogP contribution >= 0.6 is 0 Å². The van der Waals surface area contributed by atoms with E-state index in [4.69, 9.17) is 5.73 Å². The Morgan fingerprint density at radius 2 is 1.50 bits per heavy atom. The van der Waals surface area contributed by atoms with Crippen LogP contribution in [0.1, 0.15) is 34.7 Å². The molecule has 2 N–H and O–H groups in total. The van der Waals surface area contributed by atoms with Crippen LogP contribution in [0.2, 0.25) is 0 Å². The molecule has 0 saturated heterocycles. The van der Waals surface area contributed by atoms with Crippen molar-refractivity contribution in [1.82, 2.24) is 0 Å². The van der Waals surface area contributed by atoms with Gasteiger partial charge >= 0.3 is 0 Å². The lowest BCUT2D eigenvalue weighted by molar-refractivity contribution is 0.648. The Hall–Kier alpha value is -1.60. The first-order valence-corrected chi connectivity index (χ1v) is 6.54. The van der Waals surface area contributed by atoms with E-state index in [0.717, 1.165) is 12.8 Å². The smallest absolute Gasteiger partial charge is 0.0298 e. The van der Waals surface area contributed by atoms with E-state index in [1.54, 1.807) is 0 Å². The molecule has 1 heteroatoms. The standard InChI is InChI=1S/C17H21N/c1-13-7-6-8-14(2)16(13)11-12-17(18)15-9-4-3-5-10-15/h3-10,17H,11-12,18H2,1-2H3. The van der Waals surface area contributed by atoms with Gasteiger partial charge in [-0.1, -0.05) is 48.5 Å². The topological polar surface area (TPSA) is 26.0 Å². The van der Waals surface area contributed by atoms with E-state index >= 15 is 0 Å². The van der Waals surface area contributed by atoms with Crippen molar-refractivity contribution in [3.8, 4) is 0 Å². The predicted octanol–water partition coefficient (Wildman–Crippen LogP) is 3.94. The van der Waals surface area contributed by atoms with Crippen molar-refractivity contribution in [2.45, 2.75) is 32.7 Å². The van der Waals surface area contributed by atoms with E-state index in [-0.39, 0.29) is 6.04 Å². The molecule has 0 bridgehead atoms. The normalized spacial score (nSPS) is 12.4. The highest BCUT2D eigenvalue weighted by Crippen LogP contribution is 2.20. The Kier molecular flexibility index (Phi) is 4.16. The van der Waals surface area contributed by atoms with Crippen molar-refractivity contribution in [3.05, 3.63) is 70.8 Å². The van der Waals surface area contributed by atoms with Crippen LogP contribution in [-0.2, 0) is 6.42 Å². The molecule has 0 aliphatic heterocycles. The second-order valence-corrected chi connectivity index (χ2v) is 4.93. The van der Waals surface area contributed by atoms with Gasteiger partial charge in [-0.25, -0.2) is 0 Å². The lowest BCUT2D eigenvalue weighted by Crippen LogP contribution is -2.11. The molecule has 0 aliphatic rings. The zero-order chi connectivity index (χ0) is 13.0. The second kappa shape index (κ2) is 5.83. The van der Waals surface area contributed by atoms with Gasteiger partial charge in [-0.3, -0.25) is 0 Å². The van der Waals surface area contributed by atoms with E-state index in [0.29, 0.717) is 0 Å². The Bertz CT molecular complexity index is 482. The maximum atomic E-state index is 6.24. The number of rotatable bonds is 4. The Morgan fingerprint density at radius 1 is 0.889 bits per heavy atom. The summed E-state index contributed by atoms with van der Waals surface area (Å²) in [5.41, 5.74) is 11.7. The van der Waals surface area contributed by atoms with Crippen LogP contribution in [0.4, 0.5) is 0 Å². The molecule has 0 spiro atoms. The predicted molar refractivity (Wildman–Crippen MR) is 77.6 cm³/mol. The highest BCUT2D eigenvalue weighted by molar-refractivity contribution is 5.33. The molecule has 0 amide bonds. The molecule has 2 aromatic rings. The third kappa shape index (κ3) is 2.99. The fraction of sp³-hybridized carbons (Fsp3) is 0.294. The Labute approximate surface area is 110 Å². The highest BCUT2D eigenvalue weighted by Gasteiger charge is 2.08. The molecule has 1 unspecified atom stereocenters. The van der Waals surface area contributed by atoms with Gasteiger partial charge in [0, 0.05) is 6.04 Å². The zero-order valence-electron chi connectivity index (χ0n) is 11.2. The van der Waals surface area contributed by atoms with Gasteiger partial charge in [0.15, 0.2) is 0 Å². The molecular formula is C17H21N. The van der Waals surface area contributed by atoms with E-state index in [1.165, 1.54) is 22.3 Å². The number of aryl methyl sites for hydroxylation is 2. The van der Waals surface area contributed by atoms with Crippen molar-refractivity contribution in [2.75, 3.05) is 0 Å². The van der Waals surface area contributed by atoms with Crippen LogP contribution in [0.25, 0.3) is 0 Å². The minimum atomic E-state index is 0.130. The first-order valence-electron chi connectivity index (χ1n) is 6.54. The number of hydrogen-bond acceptors (Lipinski definition) is 1. The van der Waals surface area contributed by atoms with E-state index < -0.39 is 0 Å². The van der Waals surface area contributed by atoms with Crippen LogP contribution < -0.4 is 5.73 Å². The summed E-state index contributed by atoms with van der Waals surface area (Å²) in [5.74, 6) is 0. The second-order valence-electron chi connectivity index (χ2n) is 4.93. The summed E-state index contributed by atoms with van der Waals surface area (Å²) >= 11 is 0. The zero-order valence-corrected chi connectivity index (χ0v) is 11.2. The minimum absolute atomic E-state index is 0.130. The number of nitrogens with two attached hydrogens (primary N) is 1. The fourth-order valence-electron chi connectivity index (χ4n) is 2.41. The quantitative estimate of drug-likeness (QED) is 0.859. The summed E-state index contributed by atoms with van der Waals surface area (Å²) in [5, 5.41) is 0. The number of benzene rings is 2. The molecule has 2 aromatic carbocycles. The van der Waals surface area contributed by atoms with Crippen molar-refractivity contribution in [2.24, 2.45) is 5.73 Å². The van der Waals surface area contributed by atoms with Gasteiger partial charge in [0.05, 0.1) is 0 Å². The van der Waals surface area contributed by atoms with Gasteiger partial charge in [-0.15, -0.1) is 0 Å². The van der Waals surface area contributed by atoms with Gasteiger partial charge in [0.2, 0.25) is 0 Å². The van der Waals surface area contributed by atoms with Gasteiger partial charge in [-0.2, -0.15) is 0 Å². The molecule has 1 atom stereocenters. The maximum absolute atomic E-state index is 6.24. The highest BCUT2D eigenvalue weighted by atomic mass is 14.6. The Morgan fingerprint density at radius 3 is 2.11 bits per heavy atom. The van der Waals surface area contributed by atoms with Gasteiger partial charge in [0.25, 0.3) is 0 Å². The maximum Gasteiger partial charge on any atom is 0.0298 e. The monoisotopic (exact) mass is 239 g/mol. The van der Waals surface area contributed by atoms with Crippen LogP contribution in [0.15, 0.2) is 48.5 Å². The third-order valence-corrected chi connectivity index (χ3v) is 3.58. The third-order valence-electron chi connectivity index (χ3n) is 3.58. The molecule has 0 aliphatic carbocycles. The van der Waals surface area contributed by atoms with Gasteiger partial charge in [0.1, 0.15) is 0 Å². The first kappa shape index (κ1) is 12.8. The Balaban J connectivity index is 2.04. The molecule has 0 saturated carbocycles. The molecule has 2 rings (SSSR count). The molecule has 18 heavy (non-hydrogen) atoms. The van der Waals surface area contributed by atoms with Crippen molar-refractivity contribution >= 4 is 0 Å². The van der Waals surface area contributed by atoms with Crippen molar-refractivity contribution in [3.63, 3.8) is 0 Å². The summed E-state index contributed by atoms with van der Waals surface area (Å²) in [4.78, 5) is 0. The van der Waals surface area contributed by atoms with Crippen molar-refractivity contribution in [1.29, 1.82) is 0 Å². The summed E-state index contributed by atoms with van der Waals surface area (Å²) in [7, 11) is 0. The number of hydrogen-bond donors (Lipinski definition) is 1. The summed E-state index contributed by atoms with van der Waals surface area (Å²) in [6.45, 7) is 4.35. The fourth-order valence-corrected chi connectivity index (χ4v) is 2.41. The largest absolute Gasteiger partial charge is 0.324 e. The summed E-state index contributed by atoms with van der Waals surface area (Å²) in [6.07, 6.45) is 2.05. The molecular weight excluding hydrogens is 218 g/mol. The first-order chi connectivity index (χ1) is 8.68. The summed E-state index contributed by atoms with van der Waals surface area (Å²) < 4.78 is 0. The molecule has 0 aromatic heterocycles. The minimum Gasteiger partial charge on any atom is -0.324 e. The van der Waals surface area contributed by atoms with Crippen molar-refractivity contribution < 1.29 is 0 Å². The molecule has 1 nitrogen and oxygen atoms in total. The van der Waals surface area contributed by atoms with E-state index in [2.05, 4.69) is 44.2 Å².